The lowest BCUT2D eigenvalue weighted by Gasteiger charge is -2.36. The number of nitrogens with zero attached hydrogens (tertiary/aromatic N) is 4. The average molecular weight is 413 g/mol. The maximum absolute atomic E-state index is 12.1. The van der Waals surface area contributed by atoms with Crippen molar-refractivity contribution in [3.8, 4) is 0 Å². The molecule has 1 aromatic carbocycles. The van der Waals surface area contributed by atoms with Crippen LogP contribution in [0.2, 0.25) is 0 Å². The molecule has 1 atom stereocenters. The molecule has 1 fully saturated rings. The zero-order valence-electron chi connectivity index (χ0n) is 18.1. The fourth-order valence-electron chi connectivity index (χ4n) is 3.86. The van der Waals surface area contributed by atoms with Crippen LogP contribution in [-0.4, -0.2) is 50.3 Å². The second kappa shape index (κ2) is 10.3. The standard InChI is InChI=1S/C22H32N6O2/c1-16(2)23-22(30)21-15-28(26-25-21)13-11-20-6-4-5-12-27(20)14-18-7-9-19(10-8-18)24-17(3)29/h7-10,15-16,20H,4-6,11-14H2,1-3H3,(H,23,30)(H,24,29). The van der Waals surface area contributed by atoms with Gasteiger partial charge >= 0.3 is 0 Å². The maximum Gasteiger partial charge on any atom is 0.273 e. The molecule has 0 spiro atoms. The van der Waals surface area contributed by atoms with Gasteiger partial charge in [0.15, 0.2) is 5.69 Å². The third-order valence-electron chi connectivity index (χ3n) is 5.29. The van der Waals surface area contributed by atoms with Crippen LogP contribution in [0.15, 0.2) is 30.5 Å². The van der Waals surface area contributed by atoms with Crippen molar-refractivity contribution in [1.29, 1.82) is 0 Å². The summed E-state index contributed by atoms with van der Waals surface area (Å²) in [6.07, 6.45) is 6.31. The van der Waals surface area contributed by atoms with Gasteiger partial charge < -0.3 is 10.6 Å². The smallest absolute Gasteiger partial charge is 0.273 e. The Labute approximate surface area is 178 Å². The minimum absolute atomic E-state index is 0.0585. The zero-order valence-corrected chi connectivity index (χ0v) is 18.1. The van der Waals surface area contributed by atoms with E-state index in [1.807, 2.05) is 26.0 Å². The van der Waals surface area contributed by atoms with Gasteiger partial charge in [0.25, 0.3) is 5.91 Å². The molecular weight excluding hydrogens is 380 g/mol. The van der Waals surface area contributed by atoms with E-state index >= 15 is 0 Å². The SMILES string of the molecule is CC(=O)Nc1ccc(CN2CCCCC2CCn2cc(C(=O)NC(C)C)nn2)cc1. The van der Waals surface area contributed by atoms with Gasteiger partial charge in [-0.1, -0.05) is 23.8 Å². The van der Waals surface area contributed by atoms with Gasteiger partial charge in [-0.15, -0.1) is 5.10 Å². The van der Waals surface area contributed by atoms with E-state index in [1.165, 1.54) is 31.7 Å². The van der Waals surface area contributed by atoms with E-state index in [0.717, 1.165) is 31.7 Å². The van der Waals surface area contributed by atoms with Crippen LogP contribution in [-0.2, 0) is 17.9 Å². The third kappa shape index (κ3) is 6.38. The van der Waals surface area contributed by atoms with Crippen LogP contribution in [0, 0.1) is 0 Å². The highest BCUT2D eigenvalue weighted by atomic mass is 16.2. The number of benzene rings is 1. The number of amides is 2. The molecule has 1 unspecified atom stereocenters. The van der Waals surface area contributed by atoms with Crippen molar-refractivity contribution in [2.45, 2.75) is 71.6 Å². The Balaban J connectivity index is 1.55. The molecular formula is C22H32N6O2. The van der Waals surface area contributed by atoms with Crippen molar-refractivity contribution in [2.75, 3.05) is 11.9 Å². The van der Waals surface area contributed by atoms with E-state index in [-0.39, 0.29) is 17.9 Å². The summed E-state index contributed by atoms with van der Waals surface area (Å²) in [6.45, 7) is 8.08. The zero-order chi connectivity index (χ0) is 21.5. The molecule has 2 amide bonds. The molecule has 0 bridgehead atoms. The number of aryl methyl sites for hydroxylation is 1. The molecule has 1 aliphatic heterocycles. The lowest BCUT2D eigenvalue weighted by atomic mass is 9.98. The molecule has 1 aromatic heterocycles. The molecule has 8 nitrogen and oxygen atoms in total. The van der Waals surface area contributed by atoms with Gasteiger partial charge in [-0.2, -0.15) is 0 Å². The van der Waals surface area contributed by atoms with E-state index in [4.69, 9.17) is 0 Å². The lowest BCUT2D eigenvalue weighted by Crippen LogP contribution is -2.39. The van der Waals surface area contributed by atoms with E-state index < -0.39 is 0 Å². The molecule has 30 heavy (non-hydrogen) atoms. The minimum atomic E-state index is -0.182. The van der Waals surface area contributed by atoms with E-state index in [0.29, 0.717) is 11.7 Å². The Morgan fingerprint density at radius 1 is 1.20 bits per heavy atom. The Hall–Kier alpha value is -2.74. The number of carbonyl (C=O) groups is 2. The molecule has 1 saturated heterocycles. The Kier molecular flexibility index (Phi) is 7.57. The van der Waals surface area contributed by atoms with Crippen LogP contribution < -0.4 is 10.6 Å². The number of hydrogen-bond acceptors (Lipinski definition) is 5. The second-order valence-electron chi connectivity index (χ2n) is 8.28. The maximum atomic E-state index is 12.1. The molecule has 3 rings (SSSR count). The van der Waals surface area contributed by atoms with Crippen LogP contribution in [0.25, 0.3) is 0 Å². The first-order chi connectivity index (χ1) is 14.4. The van der Waals surface area contributed by atoms with Crippen molar-refractivity contribution in [1.82, 2.24) is 25.2 Å². The van der Waals surface area contributed by atoms with Crippen molar-refractivity contribution in [3.05, 3.63) is 41.7 Å². The highest BCUT2D eigenvalue weighted by Crippen LogP contribution is 2.23. The summed E-state index contributed by atoms with van der Waals surface area (Å²) in [4.78, 5) is 25.8. The number of rotatable bonds is 8. The van der Waals surface area contributed by atoms with Crippen LogP contribution >= 0.6 is 0 Å². The predicted molar refractivity (Wildman–Crippen MR) is 116 cm³/mol. The Morgan fingerprint density at radius 3 is 2.67 bits per heavy atom. The van der Waals surface area contributed by atoms with Crippen molar-refractivity contribution >= 4 is 17.5 Å². The summed E-state index contributed by atoms with van der Waals surface area (Å²) in [6, 6.07) is 8.61. The molecule has 162 valence electrons. The monoisotopic (exact) mass is 412 g/mol. The highest BCUT2D eigenvalue weighted by molar-refractivity contribution is 5.92. The largest absolute Gasteiger partial charge is 0.348 e. The normalized spacial score (nSPS) is 17.1. The lowest BCUT2D eigenvalue weighted by molar-refractivity contribution is -0.114. The summed E-state index contributed by atoms with van der Waals surface area (Å²) < 4.78 is 1.77. The number of carbonyl (C=O) groups excluding carboxylic acids is 2. The van der Waals surface area contributed by atoms with Crippen molar-refractivity contribution in [3.63, 3.8) is 0 Å². The quantitative estimate of drug-likeness (QED) is 0.696. The topological polar surface area (TPSA) is 92.2 Å². The van der Waals surface area contributed by atoms with Crippen LogP contribution in [0.3, 0.4) is 0 Å². The average Bonchev–Trinajstić information content (AvgIpc) is 3.17. The first kappa shape index (κ1) is 22.0. The molecule has 2 N–H and O–H groups in total. The predicted octanol–water partition coefficient (Wildman–Crippen LogP) is 2.82. The van der Waals surface area contributed by atoms with E-state index in [1.54, 1.807) is 10.9 Å². The molecule has 2 aromatic rings. The molecule has 8 heteroatoms. The van der Waals surface area contributed by atoms with Gasteiger partial charge in [0, 0.05) is 37.8 Å². The van der Waals surface area contributed by atoms with E-state index in [9.17, 15) is 9.59 Å². The van der Waals surface area contributed by atoms with Gasteiger partial charge in [-0.05, 0) is 57.4 Å². The number of nitrogens with one attached hydrogen (secondary N) is 2. The van der Waals surface area contributed by atoms with Gasteiger partial charge in [-0.25, -0.2) is 0 Å². The number of anilines is 1. The summed E-state index contributed by atoms with van der Waals surface area (Å²) in [5, 5.41) is 13.8. The van der Waals surface area contributed by atoms with Crippen LogP contribution in [0.4, 0.5) is 5.69 Å². The molecule has 0 saturated carbocycles. The first-order valence-corrected chi connectivity index (χ1v) is 10.7. The molecule has 1 aliphatic rings. The second-order valence-corrected chi connectivity index (χ2v) is 8.28. The van der Waals surface area contributed by atoms with Crippen LogP contribution in [0.5, 0.6) is 0 Å². The number of likely N-dealkylation sites (tertiary alicyclic amines) is 1. The number of aromatic nitrogens is 3. The summed E-state index contributed by atoms with van der Waals surface area (Å²) in [5.74, 6) is -0.241. The van der Waals surface area contributed by atoms with Gasteiger partial charge in [0.2, 0.25) is 5.91 Å². The summed E-state index contributed by atoms with van der Waals surface area (Å²) >= 11 is 0. The van der Waals surface area contributed by atoms with Gasteiger partial charge in [0.1, 0.15) is 0 Å². The Bertz CT molecular complexity index is 846. The molecule has 0 aliphatic carbocycles. The molecule has 2 heterocycles. The number of piperidine rings is 1. The van der Waals surface area contributed by atoms with Gasteiger partial charge in [-0.3, -0.25) is 19.2 Å². The minimum Gasteiger partial charge on any atom is -0.348 e. The van der Waals surface area contributed by atoms with Crippen molar-refractivity contribution in [2.24, 2.45) is 0 Å². The summed E-state index contributed by atoms with van der Waals surface area (Å²) in [7, 11) is 0. The fourth-order valence-corrected chi connectivity index (χ4v) is 3.86. The van der Waals surface area contributed by atoms with Crippen LogP contribution in [0.1, 0.15) is 62.5 Å². The third-order valence-corrected chi connectivity index (χ3v) is 5.29. The Morgan fingerprint density at radius 2 is 1.97 bits per heavy atom. The van der Waals surface area contributed by atoms with Crippen molar-refractivity contribution < 1.29 is 9.59 Å². The highest BCUT2D eigenvalue weighted by Gasteiger charge is 2.22. The van der Waals surface area contributed by atoms with E-state index in [2.05, 4.69) is 38.0 Å². The number of hydrogen-bond donors (Lipinski definition) is 2. The molecule has 0 radical (unpaired) electrons. The van der Waals surface area contributed by atoms with Gasteiger partial charge in [0.05, 0.1) is 6.20 Å². The summed E-state index contributed by atoms with van der Waals surface area (Å²) in [5.41, 5.74) is 2.43. The first-order valence-electron chi connectivity index (χ1n) is 10.7. The fraction of sp³-hybridized carbons (Fsp3) is 0.545.